The second-order valence-corrected chi connectivity index (χ2v) is 7.29. The van der Waals surface area contributed by atoms with Gasteiger partial charge in [-0.3, -0.25) is 9.69 Å². The van der Waals surface area contributed by atoms with E-state index < -0.39 is 0 Å². The Balaban J connectivity index is 1.25. The highest BCUT2D eigenvalue weighted by Gasteiger charge is 2.31. The molecule has 1 aromatic rings. The van der Waals surface area contributed by atoms with Gasteiger partial charge in [0, 0.05) is 13.1 Å². The van der Waals surface area contributed by atoms with Crippen molar-refractivity contribution in [2.24, 2.45) is 11.8 Å². The van der Waals surface area contributed by atoms with E-state index in [0.717, 1.165) is 42.0 Å². The van der Waals surface area contributed by atoms with Crippen LogP contribution >= 0.6 is 0 Å². The minimum atomic E-state index is 0.113. The van der Waals surface area contributed by atoms with Crippen molar-refractivity contribution in [1.29, 1.82) is 0 Å². The van der Waals surface area contributed by atoms with Crippen LogP contribution in [0.4, 0.5) is 0 Å². The molecule has 0 unspecified atom stereocenters. The number of amides is 1. The Morgan fingerprint density at radius 2 is 1.96 bits per heavy atom. The maximum absolute atomic E-state index is 12.3. The van der Waals surface area contributed by atoms with Crippen molar-refractivity contribution in [1.82, 2.24) is 10.2 Å². The average Bonchev–Trinajstić information content (AvgIpc) is 3.07. The number of likely N-dealkylation sites (tertiary alicyclic amines) is 1. The van der Waals surface area contributed by atoms with E-state index in [9.17, 15) is 4.79 Å². The summed E-state index contributed by atoms with van der Waals surface area (Å²) in [6.07, 6.45) is 6.78. The molecule has 0 aromatic heterocycles. The lowest BCUT2D eigenvalue weighted by Gasteiger charge is -2.41. The highest BCUT2D eigenvalue weighted by atomic mass is 16.7. The zero-order chi connectivity index (χ0) is 16.4. The third kappa shape index (κ3) is 3.51. The molecule has 24 heavy (non-hydrogen) atoms. The van der Waals surface area contributed by atoms with E-state index in [1.807, 2.05) is 18.2 Å². The van der Waals surface area contributed by atoms with Crippen molar-refractivity contribution in [2.45, 2.75) is 38.6 Å². The van der Waals surface area contributed by atoms with Crippen LogP contribution < -0.4 is 14.8 Å². The van der Waals surface area contributed by atoms with Gasteiger partial charge in [0.05, 0.1) is 6.54 Å². The first-order valence-electron chi connectivity index (χ1n) is 9.15. The van der Waals surface area contributed by atoms with E-state index in [2.05, 4.69) is 10.2 Å². The summed E-state index contributed by atoms with van der Waals surface area (Å²) in [4.78, 5) is 14.6. The van der Waals surface area contributed by atoms with Gasteiger partial charge >= 0.3 is 0 Å². The summed E-state index contributed by atoms with van der Waals surface area (Å²) in [5, 5.41) is 3.03. The second kappa shape index (κ2) is 7.01. The molecule has 5 nitrogen and oxygen atoms in total. The highest BCUT2D eigenvalue weighted by Crippen LogP contribution is 2.36. The smallest absolute Gasteiger partial charge is 0.234 e. The number of carbonyl (C=O) groups excluding carboxylic acids is 1. The number of ether oxygens (including phenoxy) is 2. The van der Waals surface area contributed by atoms with E-state index in [1.54, 1.807) is 0 Å². The van der Waals surface area contributed by atoms with E-state index in [0.29, 0.717) is 13.1 Å². The van der Waals surface area contributed by atoms with Gasteiger partial charge in [-0.25, -0.2) is 0 Å². The molecule has 1 aliphatic carbocycles. The number of hydrogen-bond donors (Lipinski definition) is 1. The zero-order valence-corrected chi connectivity index (χ0v) is 14.1. The fourth-order valence-electron chi connectivity index (χ4n) is 4.33. The molecular formula is C19H26N2O3. The first kappa shape index (κ1) is 15.8. The molecule has 2 atom stereocenters. The van der Waals surface area contributed by atoms with Crippen LogP contribution in [0, 0.1) is 11.8 Å². The maximum atomic E-state index is 12.3. The molecular weight excluding hydrogens is 304 g/mol. The molecule has 1 amide bonds. The molecule has 2 heterocycles. The van der Waals surface area contributed by atoms with Crippen LogP contribution in [0.25, 0.3) is 0 Å². The number of rotatable bonds is 4. The van der Waals surface area contributed by atoms with Crippen LogP contribution in [0.2, 0.25) is 0 Å². The third-order valence-electron chi connectivity index (χ3n) is 5.67. The molecule has 3 aliphatic rings. The quantitative estimate of drug-likeness (QED) is 0.922. The van der Waals surface area contributed by atoms with Gasteiger partial charge in [0.1, 0.15) is 0 Å². The third-order valence-corrected chi connectivity index (χ3v) is 5.67. The van der Waals surface area contributed by atoms with E-state index >= 15 is 0 Å². The van der Waals surface area contributed by atoms with Crippen LogP contribution in [0.3, 0.4) is 0 Å². The Morgan fingerprint density at radius 3 is 2.88 bits per heavy atom. The molecule has 2 fully saturated rings. The van der Waals surface area contributed by atoms with Gasteiger partial charge in [0.15, 0.2) is 11.5 Å². The molecule has 130 valence electrons. The number of fused-ring (bicyclic) bond motifs is 2. The van der Waals surface area contributed by atoms with Gasteiger partial charge in [-0.2, -0.15) is 0 Å². The summed E-state index contributed by atoms with van der Waals surface area (Å²) in [6.45, 7) is 3.51. The summed E-state index contributed by atoms with van der Waals surface area (Å²) in [6, 6.07) is 5.81. The predicted molar refractivity (Wildman–Crippen MR) is 90.9 cm³/mol. The minimum absolute atomic E-state index is 0.113. The zero-order valence-electron chi connectivity index (χ0n) is 14.1. The Bertz CT molecular complexity index is 604. The number of nitrogens with one attached hydrogen (secondary N) is 1. The standard InChI is InChI=1S/C19H26N2O3/c22-19(12-21-8-7-15-3-1-2-4-16(15)11-21)20-10-14-5-6-17-18(9-14)24-13-23-17/h5-6,9,15-16H,1-4,7-8,10-13H2,(H,20,22)/t15-,16-/m0/s1. The summed E-state index contributed by atoms with van der Waals surface area (Å²) in [5.74, 6) is 3.38. The minimum Gasteiger partial charge on any atom is -0.454 e. The predicted octanol–water partition coefficient (Wildman–Crippen LogP) is 2.54. The van der Waals surface area contributed by atoms with E-state index in [1.165, 1.54) is 32.1 Å². The highest BCUT2D eigenvalue weighted by molar-refractivity contribution is 5.78. The molecule has 1 saturated carbocycles. The van der Waals surface area contributed by atoms with Crippen LogP contribution in [0.5, 0.6) is 11.5 Å². The molecule has 0 radical (unpaired) electrons. The molecule has 0 bridgehead atoms. The van der Waals surface area contributed by atoms with E-state index in [-0.39, 0.29) is 12.7 Å². The van der Waals surface area contributed by atoms with Crippen LogP contribution in [-0.4, -0.2) is 37.2 Å². The summed E-state index contributed by atoms with van der Waals surface area (Å²) in [5.41, 5.74) is 1.04. The summed E-state index contributed by atoms with van der Waals surface area (Å²) in [7, 11) is 0. The monoisotopic (exact) mass is 330 g/mol. The lowest BCUT2D eigenvalue weighted by atomic mass is 9.75. The van der Waals surface area contributed by atoms with Crippen molar-refractivity contribution in [3.63, 3.8) is 0 Å². The molecule has 0 spiro atoms. The number of carbonyl (C=O) groups is 1. The van der Waals surface area contributed by atoms with Gasteiger partial charge in [-0.05, 0) is 48.9 Å². The average molecular weight is 330 g/mol. The Labute approximate surface area is 143 Å². The van der Waals surface area contributed by atoms with Gasteiger partial charge < -0.3 is 14.8 Å². The lowest BCUT2D eigenvalue weighted by Crippen LogP contribution is -2.46. The Kier molecular flexibility index (Phi) is 4.60. The lowest BCUT2D eigenvalue weighted by molar-refractivity contribution is -0.123. The number of hydrogen-bond acceptors (Lipinski definition) is 4. The van der Waals surface area contributed by atoms with Crippen molar-refractivity contribution >= 4 is 5.91 Å². The topological polar surface area (TPSA) is 50.8 Å². The van der Waals surface area contributed by atoms with E-state index in [4.69, 9.17) is 9.47 Å². The van der Waals surface area contributed by atoms with Crippen molar-refractivity contribution in [2.75, 3.05) is 26.4 Å². The van der Waals surface area contributed by atoms with Gasteiger partial charge in [0.25, 0.3) is 0 Å². The SMILES string of the molecule is O=C(CN1CC[C@@H]2CCCC[C@H]2C1)NCc1ccc2c(c1)OCO2. The molecule has 1 saturated heterocycles. The summed E-state index contributed by atoms with van der Waals surface area (Å²) >= 11 is 0. The second-order valence-electron chi connectivity index (χ2n) is 7.29. The number of piperidine rings is 1. The first-order valence-corrected chi connectivity index (χ1v) is 9.15. The van der Waals surface area contributed by atoms with Crippen molar-refractivity contribution in [3.05, 3.63) is 23.8 Å². The molecule has 5 heteroatoms. The molecule has 2 aliphatic heterocycles. The fourth-order valence-corrected chi connectivity index (χ4v) is 4.33. The number of nitrogens with zero attached hydrogens (tertiary/aromatic N) is 1. The Morgan fingerprint density at radius 1 is 1.12 bits per heavy atom. The number of benzene rings is 1. The molecule has 4 rings (SSSR count). The van der Waals surface area contributed by atoms with Gasteiger partial charge in [0.2, 0.25) is 12.7 Å². The molecule has 1 aromatic carbocycles. The maximum Gasteiger partial charge on any atom is 0.234 e. The van der Waals surface area contributed by atoms with Gasteiger partial charge in [-0.15, -0.1) is 0 Å². The van der Waals surface area contributed by atoms with Crippen molar-refractivity contribution in [3.8, 4) is 11.5 Å². The fraction of sp³-hybridized carbons (Fsp3) is 0.632. The molecule has 1 N–H and O–H groups in total. The first-order chi connectivity index (χ1) is 11.8. The van der Waals surface area contributed by atoms with Crippen LogP contribution in [-0.2, 0) is 11.3 Å². The Hall–Kier alpha value is -1.75. The van der Waals surface area contributed by atoms with Gasteiger partial charge in [-0.1, -0.05) is 25.3 Å². The van der Waals surface area contributed by atoms with Crippen LogP contribution in [0.1, 0.15) is 37.7 Å². The normalized spacial score (nSPS) is 26.0. The summed E-state index contributed by atoms with van der Waals surface area (Å²) < 4.78 is 10.7. The van der Waals surface area contributed by atoms with Crippen LogP contribution in [0.15, 0.2) is 18.2 Å². The largest absolute Gasteiger partial charge is 0.454 e. The van der Waals surface area contributed by atoms with Crippen molar-refractivity contribution < 1.29 is 14.3 Å².